The van der Waals surface area contributed by atoms with Crippen molar-refractivity contribution >= 4 is 11.8 Å². The minimum absolute atomic E-state index is 0.234. The molecule has 0 aromatic heterocycles. The summed E-state index contributed by atoms with van der Waals surface area (Å²) in [5, 5.41) is 3.05. The summed E-state index contributed by atoms with van der Waals surface area (Å²) in [4.78, 5) is 0. The van der Waals surface area contributed by atoms with Gasteiger partial charge in [0.25, 0.3) is 0 Å². The molecule has 0 bridgehead atoms. The van der Waals surface area contributed by atoms with E-state index in [1.54, 1.807) is 0 Å². The maximum Gasteiger partial charge on any atom is 0.522 e. The van der Waals surface area contributed by atoms with Crippen LogP contribution in [0.5, 0.6) is 0 Å². The average Bonchev–Trinajstić information content (AvgIpc) is 2.65. The molecule has 16 heavy (non-hydrogen) atoms. The molecule has 0 aromatic rings. The Balaban J connectivity index is 2.10. The second-order valence-corrected chi connectivity index (χ2v) is 5.34. The summed E-state index contributed by atoms with van der Waals surface area (Å²) in [6.45, 7) is 0.713. The Kier molecular flexibility index (Phi) is 5.40. The van der Waals surface area contributed by atoms with Crippen LogP contribution in [0.1, 0.15) is 25.7 Å². The molecule has 1 saturated carbocycles. The van der Waals surface area contributed by atoms with Crippen molar-refractivity contribution in [3.05, 3.63) is 0 Å². The van der Waals surface area contributed by atoms with Crippen molar-refractivity contribution in [3.8, 4) is 0 Å². The molecule has 96 valence electrons. The molecule has 1 aliphatic rings. The summed E-state index contributed by atoms with van der Waals surface area (Å²) in [6.07, 6.45) is 2.32. The summed E-state index contributed by atoms with van der Waals surface area (Å²) < 4.78 is 38.9. The number of thioether (sulfide) groups is 1. The monoisotopic (exact) mass is 257 g/mol. The standard InChI is InChI=1S/C10H18F3NOS/c1-16-9(4-2-3-5-9)8-14-6-7-15-10(11,12)13/h14H,2-8H2,1H3. The molecule has 0 aromatic carbocycles. The van der Waals surface area contributed by atoms with Crippen LogP contribution in [0.3, 0.4) is 0 Å². The number of hydrogen-bond donors (Lipinski definition) is 1. The maximum atomic E-state index is 11.7. The highest BCUT2D eigenvalue weighted by molar-refractivity contribution is 8.00. The molecule has 0 atom stereocenters. The smallest absolute Gasteiger partial charge is 0.313 e. The van der Waals surface area contributed by atoms with Crippen LogP contribution in [0.15, 0.2) is 0 Å². The van der Waals surface area contributed by atoms with E-state index in [0.29, 0.717) is 0 Å². The van der Waals surface area contributed by atoms with E-state index >= 15 is 0 Å². The molecular formula is C10H18F3NOS. The molecule has 0 unspecified atom stereocenters. The van der Waals surface area contributed by atoms with E-state index in [2.05, 4.69) is 16.3 Å². The Hall–Kier alpha value is 0.0600. The zero-order chi connectivity index (χ0) is 12.1. The first-order chi connectivity index (χ1) is 7.47. The van der Waals surface area contributed by atoms with E-state index in [9.17, 15) is 13.2 Å². The van der Waals surface area contributed by atoms with Gasteiger partial charge in [0.2, 0.25) is 0 Å². The average molecular weight is 257 g/mol. The van der Waals surface area contributed by atoms with Gasteiger partial charge in [0.05, 0.1) is 6.61 Å². The van der Waals surface area contributed by atoms with Crippen LogP contribution in [0.25, 0.3) is 0 Å². The molecule has 0 heterocycles. The van der Waals surface area contributed by atoms with Gasteiger partial charge in [0, 0.05) is 17.8 Å². The highest BCUT2D eigenvalue weighted by atomic mass is 32.2. The van der Waals surface area contributed by atoms with Gasteiger partial charge in [-0.3, -0.25) is 4.74 Å². The minimum atomic E-state index is -4.51. The molecule has 1 aliphatic carbocycles. The summed E-state index contributed by atoms with van der Waals surface area (Å²) >= 11 is 1.82. The zero-order valence-corrected chi connectivity index (χ0v) is 10.2. The highest BCUT2D eigenvalue weighted by Crippen LogP contribution is 2.39. The largest absolute Gasteiger partial charge is 0.522 e. The van der Waals surface area contributed by atoms with Crippen LogP contribution in [0, 0.1) is 0 Å². The van der Waals surface area contributed by atoms with Crippen LogP contribution in [-0.4, -0.2) is 37.1 Å². The molecule has 1 fully saturated rings. The van der Waals surface area contributed by atoms with Crippen molar-refractivity contribution in [2.45, 2.75) is 36.8 Å². The van der Waals surface area contributed by atoms with Gasteiger partial charge in [-0.25, -0.2) is 0 Å². The van der Waals surface area contributed by atoms with Gasteiger partial charge in [-0.1, -0.05) is 12.8 Å². The summed E-state index contributed by atoms with van der Waals surface area (Å²) in [6, 6.07) is 0. The number of alkyl halides is 3. The normalized spacial score (nSPS) is 20.2. The highest BCUT2D eigenvalue weighted by Gasteiger charge is 2.32. The molecule has 2 nitrogen and oxygen atoms in total. The Morgan fingerprint density at radius 2 is 1.94 bits per heavy atom. The van der Waals surface area contributed by atoms with Crippen molar-refractivity contribution in [2.24, 2.45) is 0 Å². The van der Waals surface area contributed by atoms with E-state index in [0.717, 1.165) is 19.4 Å². The predicted molar refractivity (Wildman–Crippen MR) is 59.6 cm³/mol. The molecule has 1 N–H and O–H groups in total. The fraction of sp³-hybridized carbons (Fsp3) is 1.00. The fourth-order valence-electron chi connectivity index (χ4n) is 2.03. The number of nitrogens with one attached hydrogen (secondary N) is 1. The first-order valence-electron chi connectivity index (χ1n) is 5.44. The lowest BCUT2D eigenvalue weighted by Gasteiger charge is -2.27. The number of rotatable bonds is 6. The van der Waals surface area contributed by atoms with Crippen molar-refractivity contribution in [3.63, 3.8) is 0 Å². The van der Waals surface area contributed by atoms with Crippen molar-refractivity contribution < 1.29 is 17.9 Å². The molecule has 0 radical (unpaired) electrons. The molecule has 0 saturated heterocycles. The van der Waals surface area contributed by atoms with E-state index in [1.165, 1.54) is 12.8 Å². The second-order valence-electron chi connectivity index (χ2n) is 4.07. The molecule has 1 rings (SSSR count). The van der Waals surface area contributed by atoms with Crippen molar-refractivity contribution in [1.82, 2.24) is 5.32 Å². The fourth-order valence-corrected chi connectivity index (χ4v) is 2.97. The Bertz CT molecular complexity index is 205. The van der Waals surface area contributed by atoms with E-state index in [4.69, 9.17) is 0 Å². The van der Waals surface area contributed by atoms with Gasteiger partial charge < -0.3 is 5.32 Å². The number of halogens is 3. The SMILES string of the molecule is CSC1(CNCCOC(F)(F)F)CCCC1. The van der Waals surface area contributed by atoms with Crippen molar-refractivity contribution in [1.29, 1.82) is 0 Å². The second kappa shape index (κ2) is 6.12. The molecular weight excluding hydrogens is 239 g/mol. The zero-order valence-electron chi connectivity index (χ0n) is 9.40. The third-order valence-corrected chi connectivity index (χ3v) is 4.36. The van der Waals surface area contributed by atoms with E-state index in [-0.39, 0.29) is 17.9 Å². The van der Waals surface area contributed by atoms with Crippen LogP contribution in [0.4, 0.5) is 13.2 Å². The quantitative estimate of drug-likeness (QED) is 0.739. The van der Waals surface area contributed by atoms with Gasteiger partial charge in [-0.05, 0) is 19.1 Å². The molecule has 0 amide bonds. The van der Waals surface area contributed by atoms with Gasteiger partial charge in [-0.15, -0.1) is 13.2 Å². The summed E-state index contributed by atoms with van der Waals surface area (Å²) in [5.74, 6) is 0. The van der Waals surface area contributed by atoms with Crippen LogP contribution < -0.4 is 5.32 Å². The maximum absolute atomic E-state index is 11.7. The van der Waals surface area contributed by atoms with Gasteiger partial charge in [-0.2, -0.15) is 11.8 Å². The Morgan fingerprint density at radius 1 is 1.31 bits per heavy atom. The first kappa shape index (κ1) is 14.1. The van der Waals surface area contributed by atoms with Crippen molar-refractivity contribution in [2.75, 3.05) is 26.0 Å². The molecule has 6 heteroatoms. The third-order valence-electron chi connectivity index (χ3n) is 2.94. The molecule has 0 aliphatic heterocycles. The van der Waals surface area contributed by atoms with Crippen LogP contribution >= 0.6 is 11.8 Å². The van der Waals surface area contributed by atoms with Gasteiger partial charge >= 0.3 is 6.36 Å². The number of ether oxygens (including phenoxy) is 1. The van der Waals surface area contributed by atoms with Crippen LogP contribution in [-0.2, 0) is 4.74 Å². The number of hydrogen-bond acceptors (Lipinski definition) is 3. The lowest BCUT2D eigenvalue weighted by Crippen LogP contribution is -2.37. The lowest BCUT2D eigenvalue weighted by molar-refractivity contribution is -0.323. The summed E-state index contributed by atoms with van der Waals surface area (Å²) in [5.41, 5.74) is 0. The topological polar surface area (TPSA) is 21.3 Å². The van der Waals surface area contributed by atoms with Gasteiger partial charge in [0.15, 0.2) is 0 Å². The van der Waals surface area contributed by atoms with Crippen LogP contribution in [0.2, 0.25) is 0 Å². The first-order valence-corrected chi connectivity index (χ1v) is 6.66. The Labute approximate surface area is 98.3 Å². The molecule has 0 spiro atoms. The van der Waals surface area contributed by atoms with Gasteiger partial charge in [0.1, 0.15) is 0 Å². The third kappa shape index (κ3) is 4.93. The minimum Gasteiger partial charge on any atom is -0.313 e. The Morgan fingerprint density at radius 3 is 2.44 bits per heavy atom. The van der Waals surface area contributed by atoms with E-state index < -0.39 is 6.36 Å². The lowest BCUT2D eigenvalue weighted by atomic mass is 10.1. The van der Waals surface area contributed by atoms with E-state index in [1.807, 2.05) is 11.8 Å². The summed E-state index contributed by atoms with van der Waals surface area (Å²) in [7, 11) is 0. The predicted octanol–water partition coefficient (Wildman–Crippen LogP) is 2.79.